The molecule has 0 saturated carbocycles. The number of nitrogens with one attached hydrogen (secondary N) is 1. The van der Waals surface area contributed by atoms with E-state index in [0.717, 1.165) is 5.56 Å². The number of amides is 1. The fourth-order valence-corrected chi connectivity index (χ4v) is 2.36. The Hall–Kier alpha value is -2.63. The van der Waals surface area contributed by atoms with Crippen molar-refractivity contribution in [2.24, 2.45) is 5.92 Å². The van der Waals surface area contributed by atoms with Crippen LogP contribution in [-0.4, -0.2) is 28.0 Å². The number of aryl methyl sites for hydroxylation is 1. The number of aliphatic carboxylic acids is 1. The van der Waals surface area contributed by atoms with Crippen molar-refractivity contribution >= 4 is 11.9 Å². The van der Waals surface area contributed by atoms with E-state index in [0.29, 0.717) is 23.8 Å². The van der Waals surface area contributed by atoms with Crippen LogP contribution < -0.4 is 5.32 Å². The monoisotopic (exact) mass is 330 g/mol. The summed E-state index contributed by atoms with van der Waals surface area (Å²) in [5, 5.41) is 11.8. The molecule has 1 amide bonds. The normalized spacial score (nSPS) is 13.3. The van der Waals surface area contributed by atoms with Gasteiger partial charge in [0.05, 0.1) is 12.1 Å². The minimum Gasteiger partial charge on any atom is -0.480 e. The first-order chi connectivity index (χ1) is 11.4. The minimum atomic E-state index is -1.03. The second-order valence-electron chi connectivity index (χ2n) is 5.83. The van der Waals surface area contributed by atoms with Crippen LogP contribution in [0.15, 0.2) is 34.7 Å². The van der Waals surface area contributed by atoms with Crippen molar-refractivity contribution in [2.45, 2.75) is 39.7 Å². The van der Waals surface area contributed by atoms with Crippen molar-refractivity contribution in [3.05, 3.63) is 41.8 Å². The third kappa shape index (κ3) is 4.22. The maximum Gasteiger partial charge on any atom is 0.326 e. The number of aromatic nitrogens is 1. The Morgan fingerprint density at radius 2 is 1.96 bits per heavy atom. The number of nitrogens with zero attached hydrogens (tertiary/aromatic N) is 1. The minimum absolute atomic E-state index is 0.0115. The second kappa shape index (κ2) is 7.77. The molecule has 24 heavy (non-hydrogen) atoms. The summed E-state index contributed by atoms with van der Waals surface area (Å²) in [4.78, 5) is 27.8. The molecule has 0 aliphatic heterocycles. The van der Waals surface area contributed by atoms with E-state index < -0.39 is 12.0 Å². The number of carbonyl (C=O) groups excluding carboxylic acids is 1. The van der Waals surface area contributed by atoms with Crippen molar-refractivity contribution in [1.82, 2.24) is 10.3 Å². The fraction of sp³-hybridized carbons (Fsp3) is 0.389. The zero-order valence-corrected chi connectivity index (χ0v) is 14.1. The first-order valence-corrected chi connectivity index (χ1v) is 7.96. The molecule has 0 aliphatic carbocycles. The Bertz CT molecular complexity index is 709. The van der Waals surface area contributed by atoms with E-state index in [4.69, 9.17) is 4.42 Å². The molecule has 128 valence electrons. The van der Waals surface area contributed by atoms with Crippen LogP contribution in [0.1, 0.15) is 31.7 Å². The number of oxazole rings is 1. The van der Waals surface area contributed by atoms with Crippen LogP contribution in [0, 0.1) is 12.8 Å². The molecule has 0 saturated heterocycles. The summed E-state index contributed by atoms with van der Waals surface area (Å²) in [5.41, 5.74) is 1.34. The molecular formula is C18H22N2O4. The molecule has 2 aromatic rings. The van der Waals surface area contributed by atoms with Gasteiger partial charge in [-0.25, -0.2) is 9.78 Å². The fourth-order valence-electron chi connectivity index (χ4n) is 2.36. The van der Waals surface area contributed by atoms with Gasteiger partial charge < -0.3 is 14.8 Å². The van der Waals surface area contributed by atoms with E-state index in [1.54, 1.807) is 13.8 Å². The number of hydrogen-bond acceptors (Lipinski definition) is 4. The Balaban J connectivity index is 2.09. The van der Waals surface area contributed by atoms with Crippen molar-refractivity contribution in [3.8, 4) is 11.5 Å². The molecule has 1 aromatic heterocycles. The lowest BCUT2D eigenvalue weighted by molar-refractivity contribution is -0.143. The number of rotatable bonds is 7. The van der Waals surface area contributed by atoms with Gasteiger partial charge in [-0.1, -0.05) is 38.5 Å². The average molecular weight is 330 g/mol. The van der Waals surface area contributed by atoms with E-state index in [2.05, 4.69) is 10.3 Å². The Morgan fingerprint density at radius 3 is 2.54 bits per heavy atom. The Labute approximate surface area is 140 Å². The highest BCUT2D eigenvalue weighted by Crippen LogP contribution is 2.21. The molecule has 6 heteroatoms. The van der Waals surface area contributed by atoms with Crippen LogP contribution >= 0.6 is 0 Å². The van der Waals surface area contributed by atoms with Crippen LogP contribution in [0.25, 0.3) is 11.5 Å². The molecule has 0 radical (unpaired) electrons. The number of carbonyl (C=O) groups is 2. The molecule has 0 unspecified atom stereocenters. The molecule has 1 aromatic carbocycles. The predicted octanol–water partition coefficient (Wildman–Crippen LogP) is 2.81. The third-order valence-corrected chi connectivity index (χ3v) is 4.04. The van der Waals surface area contributed by atoms with Gasteiger partial charge in [0.15, 0.2) is 0 Å². The lowest BCUT2D eigenvalue weighted by Gasteiger charge is -2.19. The summed E-state index contributed by atoms with van der Waals surface area (Å²) >= 11 is 0. The molecule has 0 fully saturated rings. The topological polar surface area (TPSA) is 92.4 Å². The summed E-state index contributed by atoms with van der Waals surface area (Å²) in [6.45, 7) is 5.43. The average Bonchev–Trinajstić information content (AvgIpc) is 2.93. The summed E-state index contributed by atoms with van der Waals surface area (Å²) in [6.07, 6.45) is 0.654. The number of carboxylic acids is 1. The number of carboxylic acid groups (broad SMARTS) is 1. The SMILES string of the molecule is CC[C@H](C)[C@H](NC(=O)Cc1nc(-c2ccccc2)oc1C)C(=O)O. The number of hydrogen-bond donors (Lipinski definition) is 2. The largest absolute Gasteiger partial charge is 0.480 e. The lowest BCUT2D eigenvalue weighted by Crippen LogP contribution is -2.45. The molecule has 1 heterocycles. The summed E-state index contributed by atoms with van der Waals surface area (Å²) in [7, 11) is 0. The molecular weight excluding hydrogens is 308 g/mol. The van der Waals surface area contributed by atoms with Crippen molar-refractivity contribution < 1.29 is 19.1 Å². The molecule has 6 nitrogen and oxygen atoms in total. The van der Waals surface area contributed by atoms with Crippen LogP contribution in [0.3, 0.4) is 0 Å². The lowest BCUT2D eigenvalue weighted by atomic mass is 9.99. The van der Waals surface area contributed by atoms with E-state index in [-0.39, 0.29) is 18.2 Å². The van der Waals surface area contributed by atoms with Gasteiger partial charge in [-0.2, -0.15) is 0 Å². The van der Waals surface area contributed by atoms with Crippen LogP contribution in [-0.2, 0) is 16.0 Å². The van der Waals surface area contributed by atoms with Gasteiger partial charge in [-0.15, -0.1) is 0 Å². The third-order valence-electron chi connectivity index (χ3n) is 4.04. The first-order valence-electron chi connectivity index (χ1n) is 7.96. The van der Waals surface area contributed by atoms with Crippen molar-refractivity contribution in [3.63, 3.8) is 0 Å². The summed E-state index contributed by atoms with van der Waals surface area (Å²) in [6, 6.07) is 8.50. The maximum absolute atomic E-state index is 12.2. The van der Waals surface area contributed by atoms with E-state index in [9.17, 15) is 14.7 Å². The summed E-state index contributed by atoms with van der Waals surface area (Å²) in [5.74, 6) is -0.546. The van der Waals surface area contributed by atoms with Gasteiger partial charge in [0.1, 0.15) is 11.8 Å². The first kappa shape index (κ1) is 17.7. The quantitative estimate of drug-likeness (QED) is 0.814. The van der Waals surface area contributed by atoms with Gasteiger partial charge in [0.25, 0.3) is 0 Å². The maximum atomic E-state index is 12.2. The van der Waals surface area contributed by atoms with Crippen molar-refractivity contribution in [2.75, 3.05) is 0 Å². The smallest absolute Gasteiger partial charge is 0.326 e. The molecule has 0 spiro atoms. The van der Waals surface area contributed by atoms with Gasteiger partial charge in [-0.3, -0.25) is 4.79 Å². The molecule has 2 rings (SSSR count). The van der Waals surface area contributed by atoms with Crippen LogP contribution in [0.2, 0.25) is 0 Å². The molecule has 0 aliphatic rings. The Kier molecular flexibility index (Phi) is 5.73. The summed E-state index contributed by atoms with van der Waals surface area (Å²) < 4.78 is 5.62. The highest BCUT2D eigenvalue weighted by Gasteiger charge is 2.26. The molecule has 0 bridgehead atoms. The van der Waals surface area contributed by atoms with Gasteiger partial charge in [0, 0.05) is 5.56 Å². The standard InChI is InChI=1S/C18H22N2O4/c1-4-11(2)16(18(22)23)20-15(21)10-14-12(3)24-17(19-14)13-8-6-5-7-9-13/h5-9,11,16H,4,10H2,1-3H3,(H,20,21)(H,22,23)/t11-,16-/m0/s1. The zero-order valence-electron chi connectivity index (χ0n) is 14.1. The van der Waals surface area contributed by atoms with E-state index in [1.807, 2.05) is 37.3 Å². The molecule has 2 N–H and O–H groups in total. The van der Waals surface area contributed by atoms with Crippen LogP contribution in [0.5, 0.6) is 0 Å². The second-order valence-corrected chi connectivity index (χ2v) is 5.83. The Morgan fingerprint density at radius 1 is 1.29 bits per heavy atom. The van der Waals surface area contributed by atoms with Gasteiger partial charge in [-0.05, 0) is 25.0 Å². The van der Waals surface area contributed by atoms with Gasteiger partial charge in [0.2, 0.25) is 11.8 Å². The highest BCUT2D eigenvalue weighted by atomic mass is 16.4. The van der Waals surface area contributed by atoms with Gasteiger partial charge >= 0.3 is 5.97 Å². The van der Waals surface area contributed by atoms with Crippen molar-refractivity contribution in [1.29, 1.82) is 0 Å². The van der Waals surface area contributed by atoms with Crippen LogP contribution in [0.4, 0.5) is 0 Å². The van der Waals surface area contributed by atoms with E-state index in [1.165, 1.54) is 0 Å². The van der Waals surface area contributed by atoms with E-state index >= 15 is 0 Å². The number of benzene rings is 1. The highest BCUT2D eigenvalue weighted by molar-refractivity contribution is 5.85. The zero-order chi connectivity index (χ0) is 17.7. The predicted molar refractivity (Wildman–Crippen MR) is 89.4 cm³/mol. The molecule has 2 atom stereocenters.